The Morgan fingerprint density at radius 1 is 1.44 bits per heavy atom. The molecular formula is C24H35N7O. The SMILES string of the molecule is C=CN(C)Cc1cc(N2C[C@H]3CNCCN3C2=O)ccc1N(/C=C\NC)[C@@H](C)C(C)C#N. The molecule has 1 aromatic rings. The van der Waals surface area contributed by atoms with E-state index < -0.39 is 0 Å². The van der Waals surface area contributed by atoms with Gasteiger partial charge in [0.25, 0.3) is 0 Å². The van der Waals surface area contributed by atoms with Crippen LogP contribution in [0.3, 0.4) is 0 Å². The second kappa shape index (κ2) is 10.4. The number of carbonyl (C=O) groups excluding carboxylic acids is 1. The van der Waals surface area contributed by atoms with Crippen molar-refractivity contribution in [1.29, 1.82) is 5.26 Å². The zero-order valence-electron chi connectivity index (χ0n) is 19.6. The lowest BCUT2D eigenvalue weighted by Crippen LogP contribution is -2.49. The van der Waals surface area contributed by atoms with Crippen molar-refractivity contribution >= 4 is 17.4 Å². The van der Waals surface area contributed by atoms with Crippen LogP contribution in [-0.4, -0.2) is 68.2 Å². The van der Waals surface area contributed by atoms with Crippen molar-refractivity contribution in [2.45, 2.75) is 32.5 Å². The van der Waals surface area contributed by atoms with Crippen LogP contribution in [0.25, 0.3) is 0 Å². The first-order valence-corrected chi connectivity index (χ1v) is 11.2. The van der Waals surface area contributed by atoms with E-state index in [0.29, 0.717) is 13.1 Å². The monoisotopic (exact) mass is 437 g/mol. The Balaban J connectivity index is 2.00. The molecule has 0 spiro atoms. The van der Waals surface area contributed by atoms with Crippen molar-refractivity contribution in [2.24, 2.45) is 5.92 Å². The summed E-state index contributed by atoms with van der Waals surface area (Å²) in [6.45, 7) is 11.6. The molecule has 172 valence electrons. The second-order valence-electron chi connectivity index (χ2n) is 8.53. The maximum atomic E-state index is 13.1. The molecule has 1 aromatic carbocycles. The summed E-state index contributed by atoms with van der Waals surface area (Å²) in [6.07, 6.45) is 5.63. The number of fused-ring (bicyclic) bond motifs is 1. The number of hydrogen-bond acceptors (Lipinski definition) is 6. The van der Waals surface area contributed by atoms with Crippen LogP contribution in [0.1, 0.15) is 19.4 Å². The summed E-state index contributed by atoms with van der Waals surface area (Å²) < 4.78 is 0. The second-order valence-corrected chi connectivity index (χ2v) is 8.53. The Morgan fingerprint density at radius 2 is 2.22 bits per heavy atom. The van der Waals surface area contributed by atoms with E-state index in [4.69, 9.17) is 0 Å². The minimum absolute atomic E-state index is 0.0308. The molecule has 2 N–H and O–H groups in total. The van der Waals surface area contributed by atoms with Gasteiger partial charge in [-0.05, 0) is 43.8 Å². The summed E-state index contributed by atoms with van der Waals surface area (Å²) in [5, 5.41) is 15.9. The third kappa shape index (κ3) is 4.83. The summed E-state index contributed by atoms with van der Waals surface area (Å²) in [6, 6.07) is 8.80. The molecule has 1 unspecified atom stereocenters. The summed E-state index contributed by atoms with van der Waals surface area (Å²) in [5.41, 5.74) is 2.98. The summed E-state index contributed by atoms with van der Waals surface area (Å²) in [5.74, 6) is -0.162. The van der Waals surface area contributed by atoms with Gasteiger partial charge in [-0.2, -0.15) is 5.26 Å². The highest BCUT2D eigenvalue weighted by molar-refractivity contribution is 5.95. The number of amides is 2. The van der Waals surface area contributed by atoms with Gasteiger partial charge in [0.15, 0.2) is 0 Å². The van der Waals surface area contributed by atoms with Crippen molar-refractivity contribution in [1.82, 2.24) is 20.4 Å². The predicted molar refractivity (Wildman–Crippen MR) is 129 cm³/mol. The summed E-state index contributed by atoms with van der Waals surface area (Å²) in [7, 11) is 3.83. The van der Waals surface area contributed by atoms with Gasteiger partial charge in [-0.1, -0.05) is 6.58 Å². The minimum Gasteiger partial charge on any atom is -0.393 e. The quantitative estimate of drug-likeness (QED) is 0.618. The lowest BCUT2D eigenvalue weighted by Gasteiger charge is -2.32. The van der Waals surface area contributed by atoms with E-state index in [9.17, 15) is 10.1 Å². The molecule has 0 bridgehead atoms. The molecule has 2 aliphatic heterocycles. The Hall–Kier alpha value is -3.18. The maximum Gasteiger partial charge on any atom is 0.324 e. The standard InChI is InChI=1S/C24H35N7O/c1-6-28(5)16-20-13-21(31-17-22-15-27-10-12-30(22)24(31)32)7-8-23(20)29(11-9-26-4)19(3)18(2)14-25/h6-9,11,13,18-19,22,26-27H,1,10,12,15-17H2,2-5H3/b11-9-/t18?,19-,22+/m0/s1. The van der Waals surface area contributed by atoms with E-state index in [1.807, 2.05) is 54.2 Å². The molecule has 32 heavy (non-hydrogen) atoms. The molecule has 0 aliphatic carbocycles. The molecule has 0 aromatic heterocycles. The number of piperazine rings is 1. The molecule has 2 amide bonds. The fourth-order valence-corrected chi connectivity index (χ4v) is 4.23. The van der Waals surface area contributed by atoms with Gasteiger partial charge in [0, 0.05) is 76.6 Å². The van der Waals surface area contributed by atoms with E-state index in [1.54, 1.807) is 6.20 Å². The molecule has 8 nitrogen and oxygen atoms in total. The van der Waals surface area contributed by atoms with E-state index in [-0.39, 0.29) is 24.0 Å². The van der Waals surface area contributed by atoms with Gasteiger partial charge in [0.1, 0.15) is 0 Å². The van der Waals surface area contributed by atoms with E-state index in [1.165, 1.54) is 0 Å². The van der Waals surface area contributed by atoms with Crippen molar-refractivity contribution in [2.75, 3.05) is 50.1 Å². The lowest BCUT2D eigenvalue weighted by atomic mass is 10.0. The van der Waals surface area contributed by atoms with Crippen LogP contribution >= 0.6 is 0 Å². The van der Waals surface area contributed by atoms with Gasteiger partial charge in [0.2, 0.25) is 0 Å². The van der Waals surface area contributed by atoms with Crippen molar-refractivity contribution in [3.05, 3.63) is 48.9 Å². The zero-order valence-corrected chi connectivity index (χ0v) is 19.6. The topological polar surface area (TPSA) is 77.9 Å². The highest BCUT2D eigenvalue weighted by atomic mass is 16.2. The Kier molecular flexibility index (Phi) is 7.65. The van der Waals surface area contributed by atoms with E-state index in [0.717, 1.165) is 36.6 Å². The number of urea groups is 1. The van der Waals surface area contributed by atoms with Crippen molar-refractivity contribution < 1.29 is 4.79 Å². The van der Waals surface area contributed by atoms with Gasteiger partial charge in [-0.3, -0.25) is 4.90 Å². The number of hydrogen-bond donors (Lipinski definition) is 2. The van der Waals surface area contributed by atoms with E-state index in [2.05, 4.69) is 47.2 Å². The normalized spacial score (nSPS) is 20.0. The minimum atomic E-state index is -0.162. The number of nitriles is 1. The van der Waals surface area contributed by atoms with Gasteiger partial charge >= 0.3 is 6.03 Å². The van der Waals surface area contributed by atoms with Gasteiger partial charge in [-0.15, -0.1) is 0 Å². The summed E-state index contributed by atoms with van der Waals surface area (Å²) >= 11 is 0. The average molecular weight is 438 g/mol. The maximum absolute atomic E-state index is 13.1. The molecule has 2 fully saturated rings. The first-order chi connectivity index (χ1) is 15.4. The zero-order chi connectivity index (χ0) is 23.3. The molecule has 8 heteroatoms. The molecule has 2 aliphatic rings. The highest BCUT2D eigenvalue weighted by Gasteiger charge is 2.39. The lowest BCUT2D eigenvalue weighted by molar-refractivity contribution is 0.193. The van der Waals surface area contributed by atoms with Crippen LogP contribution in [0, 0.1) is 17.2 Å². The van der Waals surface area contributed by atoms with Crippen molar-refractivity contribution in [3.8, 4) is 6.07 Å². The van der Waals surface area contributed by atoms with Crippen LogP contribution in [0.4, 0.5) is 16.2 Å². The predicted octanol–water partition coefficient (Wildman–Crippen LogP) is 2.52. The average Bonchev–Trinajstić information content (AvgIpc) is 3.15. The largest absolute Gasteiger partial charge is 0.393 e. The van der Waals surface area contributed by atoms with Gasteiger partial charge < -0.3 is 25.3 Å². The third-order valence-corrected chi connectivity index (χ3v) is 6.37. The summed E-state index contributed by atoms with van der Waals surface area (Å²) in [4.78, 5) is 21.1. The molecular weight excluding hydrogens is 402 g/mol. The molecule has 2 saturated heterocycles. The Labute approximate surface area is 191 Å². The van der Waals surface area contributed by atoms with Crippen LogP contribution in [-0.2, 0) is 6.54 Å². The molecule has 2 heterocycles. The molecule has 3 rings (SSSR count). The Bertz CT molecular complexity index is 893. The fourth-order valence-electron chi connectivity index (χ4n) is 4.23. The van der Waals surface area contributed by atoms with Gasteiger partial charge in [-0.25, -0.2) is 4.79 Å². The van der Waals surface area contributed by atoms with Crippen LogP contribution < -0.4 is 20.4 Å². The third-order valence-electron chi connectivity index (χ3n) is 6.37. The van der Waals surface area contributed by atoms with Crippen LogP contribution in [0.5, 0.6) is 0 Å². The van der Waals surface area contributed by atoms with E-state index >= 15 is 0 Å². The first-order valence-electron chi connectivity index (χ1n) is 11.2. The van der Waals surface area contributed by atoms with Crippen molar-refractivity contribution in [3.63, 3.8) is 0 Å². The molecule has 0 radical (unpaired) electrons. The number of anilines is 2. The molecule has 3 atom stereocenters. The number of rotatable bonds is 9. The number of benzene rings is 1. The number of carbonyl (C=O) groups is 1. The van der Waals surface area contributed by atoms with Crippen LogP contribution in [0.2, 0.25) is 0 Å². The smallest absolute Gasteiger partial charge is 0.324 e. The van der Waals surface area contributed by atoms with Gasteiger partial charge in [0.05, 0.1) is 18.0 Å². The first kappa shape index (κ1) is 23.5. The molecule has 0 saturated carbocycles. The van der Waals surface area contributed by atoms with Crippen LogP contribution in [0.15, 0.2) is 43.4 Å². The number of nitrogens with zero attached hydrogens (tertiary/aromatic N) is 5. The number of nitrogens with one attached hydrogen (secondary N) is 2. The highest BCUT2D eigenvalue weighted by Crippen LogP contribution is 2.33. The fraction of sp³-hybridized carbons (Fsp3) is 0.500. The Morgan fingerprint density at radius 3 is 2.88 bits per heavy atom.